The van der Waals surface area contributed by atoms with Crippen LogP contribution < -0.4 is 20.9 Å². The van der Waals surface area contributed by atoms with Gasteiger partial charge in [-0.15, -0.1) is 0 Å². The van der Waals surface area contributed by atoms with Gasteiger partial charge in [-0.05, 0) is 24.6 Å². The van der Waals surface area contributed by atoms with Gasteiger partial charge < -0.3 is 20.7 Å². The molecule has 3 N–H and O–H groups in total. The minimum atomic E-state index is -0.476. The summed E-state index contributed by atoms with van der Waals surface area (Å²) in [4.78, 5) is 25.7. The molecule has 7 nitrogen and oxygen atoms in total. The highest BCUT2D eigenvalue weighted by molar-refractivity contribution is 5.96. The minimum absolute atomic E-state index is 0.102. The lowest BCUT2D eigenvalue weighted by Crippen LogP contribution is -2.46. The van der Waals surface area contributed by atoms with Crippen molar-refractivity contribution in [1.29, 1.82) is 0 Å². The highest BCUT2D eigenvalue weighted by atomic mass is 16.5. The molecule has 118 valence electrons. The van der Waals surface area contributed by atoms with Crippen molar-refractivity contribution < 1.29 is 14.3 Å². The monoisotopic (exact) mass is 304 g/mol. The number of rotatable bonds is 3. The number of anilines is 2. The Morgan fingerprint density at radius 2 is 2.27 bits per heavy atom. The van der Waals surface area contributed by atoms with E-state index in [9.17, 15) is 9.59 Å². The van der Waals surface area contributed by atoms with Gasteiger partial charge in [-0.3, -0.25) is 9.69 Å². The van der Waals surface area contributed by atoms with Gasteiger partial charge >= 0.3 is 6.03 Å². The van der Waals surface area contributed by atoms with E-state index in [0.29, 0.717) is 31.9 Å². The third kappa shape index (κ3) is 3.37. The first kappa shape index (κ1) is 14.8. The van der Waals surface area contributed by atoms with Gasteiger partial charge in [0.2, 0.25) is 0 Å². The molecule has 2 aliphatic rings. The van der Waals surface area contributed by atoms with Crippen molar-refractivity contribution in [2.45, 2.75) is 12.5 Å². The zero-order valence-corrected chi connectivity index (χ0v) is 12.3. The Morgan fingerprint density at radius 3 is 3.05 bits per heavy atom. The minimum Gasteiger partial charge on any atom is -0.366 e. The van der Waals surface area contributed by atoms with E-state index in [2.05, 4.69) is 16.0 Å². The van der Waals surface area contributed by atoms with Crippen molar-refractivity contribution in [3.8, 4) is 0 Å². The molecule has 2 heterocycles. The van der Waals surface area contributed by atoms with Gasteiger partial charge in [0.15, 0.2) is 0 Å². The van der Waals surface area contributed by atoms with Crippen molar-refractivity contribution in [3.63, 3.8) is 0 Å². The maximum Gasteiger partial charge on any atom is 0.321 e. The highest BCUT2D eigenvalue weighted by Gasteiger charge is 2.23. The Labute approximate surface area is 129 Å². The SMILES string of the molecule is O=C(Nc1cccc(N2CCCNC2=O)c1)C1CNCCO1. The lowest BCUT2D eigenvalue weighted by molar-refractivity contribution is -0.128. The summed E-state index contributed by atoms with van der Waals surface area (Å²) in [5.74, 6) is -0.174. The van der Waals surface area contributed by atoms with Crippen molar-refractivity contribution in [2.75, 3.05) is 43.0 Å². The van der Waals surface area contributed by atoms with Crippen molar-refractivity contribution in [2.24, 2.45) is 0 Å². The van der Waals surface area contributed by atoms with E-state index in [1.54, 1.807) is 17.0 Å². The van der Waals surface area contributed by atoms with Crippen molar-refractivity contribution in [1.82, 2.24) is 10.6 Å². The topological polar surface area (TPSA) is 82.7 Å². The maximum atomic E-state index is 12.2. The normalized spacial score (nSPS) is 22.1. The molecular weight excluding hydrogens is 284 g/mol. The van der Waals surface area contributed by atoms with Gasteiger partial charge in [0.1, 0.15) is 6.10 Å². The van der Waals surface area contributed by atoms with Crippen LogP contribution in [0.2, 0.25) is 0 Å². The third-order valence-corrected chi connectivity index (χ3v) is 3.73. The molecule has 0 radical (unpaired) electrons. The molecule has 0 bridgehead atoms. The number of nitrogens with one attached hydrogen (secondary N) is 3. The van der Waals surface area contributed by atoms with E-state index >= 15 is 0 Å². The van der Waals surface area contributed by atoms with Crippen LogP contribution in [0.3, 0.4) is 0 Å². The van der Waals surface area contributed by atoms with Gasteiger partial charge in [0, 0.05) is 37.6 Å². The van der Waals surface area contributed by atoms with Crippen LogP contribution in [0.15, 0.2) is 24.3 Å². The van der Waals surface area contributed by atoms with Crippen LogP contribution in [0.5, 0.6) is 0 Å². The number of carbonyl (C=O) groups is 2. The Balaban J connectivity index is 1.68. The van der Waals surface area contributed by atoms with Gasteiger partial charge in [0.25, 0.3) is 5.91 Å². The van der Waals surface area contributed by atoms with Gasteiger partial charge in [0.05, 0.1) is 6.61 Å². The van der Waals surface area contributed by atoms with E-state index in [1.807, 2.05) is 12.1 Å². The smallest absolute Gasteiger partial charge is 0.321 e. The van der Waals surface area contributed by atoms with Gasteiger partial charge in [-0.1, -0.05) is 6.07 Å². The number of morpholine rings is 1. The molecule has 1 unspecified atom stereocenters. The number of urea groups is 1. The number of amides is 3. The quantitative estimate of drug-likeness (QED) is 0.761. The summed E-state index contributed by atoms with van der Waals surface area (Å²) in [5.41, 5.74) is 1.44. The molecule has 2 aliphatic heterocycles. The number of hydrogen-bond donors (Lipinski definition) is 3. The summed E-state index contributed by atoms with van der Waals surface area (Å²) < 4.78 is 5.43. The first-order valence-electron chi connectivity index (χ1n) is 7.53. The fraction of sp³-hybridized carbons (Fsp3) is 0.467. The largest absolute Gasteiger partial charge is 0.366 e. The first-order valence-corrected chi connectivity index (χ1v) is 7.53. The molecule has 3 rings (SSSR count). The van der Waals surface area contributed by atoms with Crippen LogP contribution in [-0.2, 0) is 9.53 Å². The second-order valence-corrected chi connectivity index (χ2v) is 5.34. The van der Waals surface area contributed by atoms with E-state index in [1.165, 1.54) is 0 Å². The molecule has 1 aromatic carbocycles. The lowest BCUT2D eigenvalue weighted by atomic mass is 10.2. The molecule has 1 aromatic rings. The number of nitrogens with zero attached hydrogens (tertiary/aromatic N) is 1. The molecule has 2 saturated heterocycles. The molecule has 0 spiro atoms. The molecule has 22 heavy (non-hydrogen) atoms. The van der Waals surface area contributed by atoms with Crippen LogP contribution in [-0.4, -0.2) is 50.8 Å². The molecule has 2 fully saturated rings. The molecule has 3 amide bonds. The summed E-state index contributed by atoms with van der Waals surface area (Å²) in [6.07, 6.45) is 0.430. The van der Waals surface area contributed by atoms with E-state index in [4.69, 9.17) is 4.74 Å². The Bertz CT molecular complexity index is 557. The van der Waals surface area contributed by atoms with Crippen LogP contribution in [0.4, 0.5) is 16.2 Å². The number of hydrogen-bond acceptors (Lipinski definition) is 4. The lowest BCUT2D eigenvalue weighted by Gasteiger charge is -2.28. The Morgan fingerprint density at radius 1 is 1.36 bits per heavy atom. The highest BCUT2D eigenvalue weighted by Crippen LogP contribution is 2.21. The van der Waals surface area contributed by atoms with E-state index in [-0.39, 0.29) is 11.9 Å². The van der Waals surface area contributed by atoms with Gasteiger partial charge in [-0.25, -0.2) is 4.79 Å². The molecule has 1 atom stereocenters. The summed E-state index contributed by atoms with van der Waals surface area (Å²) >= 11 is 0. The fourth-order valence-corrected chi connectivity index (χ4v) is 2.58. The molecule has 7 heteroatoms. The average Bonchev–Trinajstić information content (AvgIpc) is 2.56. The predicted molar refractivity (Wildman–Crippen MR) is 83.0 cm³/mol. The Kier molecular flexibility index (Phi) is 4.55. The van der Waals surface area contributed by atoms with E-state index in [0.717, 1.165) is 18.7 Å². The van der Waals surface area contributed by atoms with E-state index < -0.39 is 6.10 Å². The van der Waals surface area contributed by atoms with Crippen molar-refractivity contribution >= 4 is 23.3 Å². The summed E-state index contributed by atoms with van der Waals surface area (Å²) in [6.45, 7) is 3.20. The van der Waals surface area contributed by atoms with Crippen LogP contribution in [0.25, 0.3) is 0 Å². The third-order valence-electron chi connectivity index (χ3n) is 3.73. The zero-order valence-electron chi connectivity index (χ0n) is 12.3. The maximum absolute atomic E-state index is 12.2. The van der Waals surface area contributed by atoms with Crippen molar-refractivity contribution in [3.05, 3.63) is 24.3 Å². The summed E-state index contributed by atoms with van der Waals surface area (Å²) in [5, 5.41) is 8.78. The summed E-state index contributed by atoms with van der Waals surface area (Å²) in [6, 6.07) is 7.19. The molecule has 0 aliphatic carbocycles. The standard InChI is InChI=1S/C15H20N4O3/c20-14(13-10-16-6-8-22-13)18-11-3-1-4-12(9-11)19-7-2-5-17-15(19)21/h1,3-4,9,13,16H,2,5-8,10H2,(H,17,21)(H,18,20). The molecule has 0 saturated carbocycles. The molecular formula is C15H20N4O3. The van der Waals surface area contributed by atoms with Crippen LogP contribution >= 0.6 is 0 Å². The first-order chi connectivity index (χ1) is 10.7. The number of carbonyl (C=O) groups excluding carboxylic acids is 2. The Hall–Kier alpha value is -2.12. The fourth-order valence-electron chi connectivity index (χ4n) is 2.58. The van der Waals surface area contributed by atoms with Gasteiger partial charge in [-0.2, -0.15) is 0 Å². The van der Waals surface area contributed by atoms with Crippen LogP contribution in [0.1, 0.15) is 6.42 Å². The summed E-state index contributed by atoms with van der Waals surface area (Å²) in [7, 11) is 0. The second-order valence-electron chi connectivity index (χ2n) is 5.34. The zero-order chi connectivity index (χ0) is 15.4. The second kappa shape index (κ2) is 6.76. The number of ether oxygens (including phenoxy) is 1. The molecule has 0 aromatic heterocycles. The predicted octanol–water partition coefficient (Wildman–Crippen LogP) is 0.533. The van der Waals surface area contributed by atoms with Crippen LogP contribution in [0, 0.1) is 0 Å². The number of benzene rings is 1. The average molecular weight is 304 g/mol.